The van der Waals surface area contributed by atoms with Crippen LogP contribution < -0.4 is 10.1 Å². The highest BCUT2D eigenvalue weighted by Crippen LogP contribution is 2.33. The van der Waals surface area contributed by atoms with Crippen molar-refractivity contribution in [2.75, 3.05) is 7.11 Å². The molecule has 4 nitrogen and oxygen atoms in total. The number of methoxy groups -OCH3 is 1. The van der Waals surface area contributed by atoms with E-state index in [9.17, 15) is 9.59 Å². The smallest absolute Gasteiger partial charge is 0.227 e. The molecule has 1 aliphatic heterocycles. The highest BCUT2D eigenvalue weighted by Gasteiger charge is 2.28. The van der Waals surface area contributed by atoms with Gasteiger partial charge in [0.1, 0.15) is 5.75 Å². The van der Waals surface area contributed by atoms with Crippen molar-refractivity contribution < 1.29 is 14.3 Å². The lowest BCUT2D eigenvalue weighted by Gasteiger charge is -2.23. The molecule has 1 aliphatic rings. The first kappa shape index (κ1) is 16.6. The van der Waals surface area contributed by atoms with Crippen LogP contribution in [-0.2, 0) is 11.2 Å². The van der Waals surface area contributed by atoms with Gasteiger partial charge in [0.05, 0.1) is 12.1 Å². The van der Waals surface area contributed by atoms with E-state index in [0.717, 1.165) is 11.3 Å². The largest absolute Gasteiger partial charge is 0.495 e. The predicted molar refractivity (Wildman–Crippen MR) is 86.3 cm³/mol. The van der Waals surface area contributed by atoms with Gasteiger partial charge in [-0.1, -0.05) is 25.1 Å². The Labute approximate surface area is 135 Å². The zero-order valence-electron chi connectivity index (χ0n) is 12.9. The first-order chi connectivity index (χ1) is 10.5. The summed E-state index contributed by atoms with van der Waals surface area (Å²) in [7, 11) is 1.54. The average molecular weight is 322 g/mol. The van der Waals surface area contributed by atoms with E-state index in [0.29, 0.717) is 35.6 Å². The minimum atomic E-state index is -0.302. The van der Waals surface area contributed by atoms with Gasteiger partial charge in [-0.2, -0.15) is 0 Å². The minimum absolute atomic E-state index is 0.0560. The van der Waals surface area contributed by atoms with Gasteiger partial charge >= 0.3 is 0 Å². The van der Waals surface area contributed by atoms with E-state index in [4.69, 9.17) is 16.3 Å². The van der Waals surface area contributed by atoms with Crippen LogP contribution in [0.15, 0.2) is 24.4 Å². The predicted octanol–water partition coefficient (Wildman–Crippen LogP) is 3.52. The molecule has 0 spiro atoms. The van der Waals surface area contributed by atoms with Crippen LogP contribution >= 0.6 is 11.6 Å². The third-order valence-electron chi connectivity index (χ3n) is 3.97. The van der Waals surface area contributed by atoms with Gasteiger partial charge in [0.15, 0.2) is 5.78 Å². The number of carbonyl (C=O) groups excluding carboxylic acids is 2. The summed E-state index contributed by atoms with van der Waals surface area (Å²) in [5.41, 5.74) is 2.10. The van der Waals surface area contributed by atoms with Gasteiger partial charge in [0.2, 0.25) is 5.91 Å². The highest BCUT2D eigenvalue weighted by atomic mass is 35.5. The monoisotopic (exact) mass is 321 g/mol. The lowest BCUT2D eigenvalue weighted by molar-refractivity contribution is -0.125. The van der Waals surface area contributed by atoms with Crippen LogP contribution in [-0.4, -0.2) is 18.8 Å². The number of allylic oxidation sites excluding steroid dienone is 1. The maximum absolute atomic E-state index is 12.6. The number of amides is 1. The number of piperidine rings is 1. The van der Waals surface area contributed by atoms with E-state index in [2.05, 4.69) is 11.9 Å². The average Bonchev–Trinajstić information content (AvgIpc) is 2.49. The summed E-state index contributed by atoms with van der Waals surface area (Å²) in [6.45, 7) is 5.69. The first-order valence-electron chi connectivity index (χ1n) is 7.35. The molecule has 1 unspecified atom stereocenters. The first-order valence-corrected chi connectivity index (χ1v) is 7.72. The number of benzene rings is 1. The fourth-order valence-corrected chi connectivity index (χ4v) is 3.03. The number of nitrogens with one attached hydrogen (secondary N) is 1. The molecular weight excluding hydrogens is 302 g/mol. The van der Waals surface area contributed by atoms with Crippen LogP contribution in [0.1, 0.15) is 42.1 Å². The third-order valence-corrected chi connectivity index (χ3v) is 4.27. The molecule has 0 radical (unpaired) electrons. The molecule has 1 heterocycles. The minimum Gasteiger partial charge on any atom is -0.495 e. The number of hydrogen-bond donors (Lipinski definition) is 1. The molecule has 1 amide bonds. The molecule has 0 aliphatic carbocycles. The van der Waals surface area contributed by atoms with Gasteiger partial charge in [0, 0.05) is 29.2 Å². The SMILES string of the molecule is C=C1CCC(CC(=O)c2ccc(Cl)c(OC)c2CC)C(=O)N1. The van der Waals surface area contributed by atoms with E-state index in [1.54, 1.807) is 12.1 Å². The molecule has 22 heavy (non-hydrogen) atoms. The van der Waals surface area contributed by atoms with Crippen molar-refractivity contribution in [3.63, 3.8) is 0 Å². The number of rotatable bonds is 5. The summed E-state index contributed by atoms with van der Waals surface area (Å²) in [5.74, 6) is 0.0592. The van der Waals surface area contributed by atoms with E-state index < -0.39 is 0 Å². The lowest BCUT2D eigenvalue weighted by Crippen LogP contribution is -2.35. The van der Waals surface area contributed by atoms with Gasteiger partial charge in [-0.3, -0.25) is 9.59 Å². The lowest BCUT2D eigenvalue weighted by atomic mass is 9.88. The maximum Gasteiger partial charge on any atom is 0.227 e. The molecule has 1 atom stereocenters. The molecule has 1 N–H and O–H groups in total. The summed E-state index contributed by atoms with van der Waals surface area (Å²) in [6, 6.07) is 3.38. The molecule has 2 rings (SSSR count). The van der Waals surface area contributed by atoms with Crippen molar-refractivity contribution in [2.45, 2.75) is 32.6 Å². The standard InChI is InChI=1S/C17H20ClNO3/c1-4-12-13(7-8-14(18)16(12)22-3)15(20)9-11-6-5-10(2)19-17(11)21/h7-8,11H,2,4-6,9H2,1,3H3,(H,19,21). The van der Waals surface area contributed by atoms with Crippen molar-refractivity contribution >= 4 is 23.3 Å². The van der Waals surface area contributed by atoms with Crippen LogP contribution in [0.2, 0.25) is 5.02 Å². The Morgan fingerprint density at radius 3 is 2.82 bits per heavy atom. The zero-order valence-corrected chi connectivity index (χ0v) is 13.6. The quantitative estimate of drug-likeness (QED) is 0.844. The topological polar surface area (TPSA) is 55.4 Å². The summed E-state index contributed by atoms with van der Waals surface area (Å²) in [4.78, 5) is 24.5. The second-order valence-corrected chi connectivity index (χ2v) is 5.82. The van der Waals surface area contributed by atoms with Crippen molar-refractivity contribution in [1.82, 2.24) is 5.32 Å². The molecule has 0 aromatic heterocycles. The molecule has 0 bridgehead atoms. The van der Waals surface area contributed by atoms with Crippen LogP contribution in [0.3, 0.4) is 0 Å². The van der Waals surface area contributed by atoms with Crippen LogP contribution in [0.5, 0.6) is 5.75 Å². The van der Waals surface area contributed by atoms with E-state index in [1.807, 2.05) is 6.92 Å². The van der Waals surface area contributed by atoms with Crippen molar-refractivity contribution in [3.05, 3.63) is 40.6 Å². The summed E-state index contributed by atoms with van der Waals surface area (Å²) >= 11 is 6.11. The Morgan fingerprint density at radius 2 is 2.23 bits per heavy atom. The number of carbonyl (C=O) groups is 2. The van der Waals surface area contributed by atoms with Crippen molar-refractivity contribution in [3.8, 4) is 5.75 Å². The fourth-order valence-electron chi connectivity index (χ4n) is 2.78. The number of halogens is 1. The molecule has 5 heteroatoms. The number of Topliss-reactive ketones (excluding diaryl/α,β-unsaturated/α-hetero) is 1. The summed E-state index contributed by atoms with van der Waals surface area (Å²) in [6.07, 6.45) is 2.20. The Hall–Kier alpha value is -1.81. The Morgan fingerprint density at radius 1 is 1.50 bits per heavy atom. The highest BCUT2D eigenvalue weighted by molar-refractivity contribution is 6.32. The number of ketones is 1. The molecule has 1 aromatic rings. The Bertz CT molecular complexity index is 625. The fraction of sp³-hybridized carbons (Fsp3) is 0.412. The Balaban J connectivity index is 2.23. The normalized spacial score (nSPS) is 18.0. The van der Waals surface area contributed by atoms with Gasteiger partial charge in [0.25, 0.3) is 0 Å². The van der Waals surface area contributed by atoms with E-state index in [-0.39, 0.29) is 24.0 Å². The zero-order chi connectivity index (χ0) is 16.3. The summed E-state index contributed by atoms with van der Waals surface area (Å²) in [5, 5.41) is 3.20. The summed E-state index contributed by atoms with van der Waals surface area (Å²) < 4.78 is 5.31. The van der Waals surface area contributed by atoms with Crippen LogP contribution in [0.25, 0.3) is 0 Å². The Kier molecular flexibility index (Phi) is 5.24. The van der Waals surface area contributed by atoms with E-state index in [1.165, 1.54) is 7.11 Å². The number of hydrogen-bond acceptors (Lipinski definition) is 3. The van der Waals surface area contributed by atoms with Gasteiger partial charge in [-0.25, -0.2) is 0 Å². The molecule has 0 saturated carbocycles. The van der Waals surface area contributed by atoms with Crippen molar-refractivity contribution in [2.24, 2.45) is 5.92 Å². The number of ether oxygens (including phenoxy) is 1. The van der Waals surface area contributed by atoms with Crippen molar-refractivity contribution in [1.29, 1.82) is 0 Å². The third kappa shape index (κ3) is 3.33. The second-order valence-electron chi connectivity index (χ2n) is 5.42. The second kappa shape index (κ2) is 6.97. The molecule has 1 saturated heterocycles. The molecule has 1 aromatic carbocycles. The van der Waals surface area contributed by atoms with Crippen LogP contribution in [0, 0.1) is 5.92 Å². The van der Waals surface area contributed by atoms with Gasteiger partial charge < -0.3 is 10.1 Å². The molecule has 118 valence electrons. The van der Waals surface area contributed by atoms with Gasteiger partial charge in [-0.15, -0.1) is 0 Å². The van der Waals surface area contributed by atoms with Crippen LogP contribution in [0.4, 0.5) is 0 Å². The van der Waals surface area contributed by atoms with E-state index >= 15 is 0 Å². The van der Waals surface area contributed by atoms with Gasteiger partial charge in [-0.05, 0) is 31.4 Å². The molecular formula is C17H20ClNO3. The maximum atomic E-state index is 12.6. The molecule has 1 fully saturated rings.